The van der Waals surface area contributed by atoms with E-state index in [1.807, 2.05) is 12.1 Å². The highest BCUT2D eigenvalue weighted by Gasteiger charge is 2.30. The van der Waals surface area contributed by atoms with Gasteiger partial charge < -0.3 is 9.80 Å². The molecule has 0 radical (unpaired) electrons. The molecule has 0 bridgehead atoms. The van der Waals surface area contributed by atoms with E-state index in [0.717, 1.165) is 18.8 Å². The van der Waals surface area contributed by atoms with Gasteiger partial charge in [0.1, 0.15) is 5.69 Å². The highest BCUT2D eigenvalue weighted by Crippen LogP contribution is 2.22. The van der Waals surface area contributed by atoms with Crippen LogP contribution in [0.25, 0.3) is 0 Å². The van der Waals surface area contributed by atoms with Gasteiger partial charge in [0.05, 0.1) is 4.90 Å². The Bertz CT molecular complexity index is 935. The molecule has 2 fully saturated rings. The Morgan fingerprint density at radius 1 is 0.893 bits per heavy atom. The number of pyridine rings is 1. The average Bonchev–Trinajstić information content (AvgIpc) is 3.29. The zero-order chi connectivity index (χ0) is 19.6. The van der Waals surface area contributed by atoms with Crippen LogP contribution < -0.4 is 4.90 Å². The fraction of sp³-hybridized carbons (Fsp3) is 0.400. The van der Waals surface area contributed by atoms with Crippen LogP contribution in [0.15, 0.2) is 53.6 Å². The van der Waals surface area contributed by atoms with Gasteiger partial charge in [0.25, 0.3) is 5.91 Å². The molecular formula is C20H24N4O3S. The fourth-order valence-corrected chi connectivity index (χ4v) is 5.19. The Labute approximate surface area is 165 Å². The minimum Gasteiger partial charge on any atom is -0.371 e. The Hall–Kier alpha value is -2.45. The largest absolute Gasteiger partial charge is 0.371 e. The van der Waals surface area contributed by atoms with Crippen molar-refractivity contribution in [2.75, 3.05) is 44.2 Å². The molecule has 2 aliphatic heterocycles. The van der Waals surface area contributed by atoms with E-state index in [2.05, 4.69) is 9.88 Å². The highest BCUT2D eigenvalue weighted by molar-refractivity contribution is 7.89. The third-order valence-electron chi connectivity index (χ3n) is 5.34. The van der Waals surface area contributed by atoms with Crippen LogP contribution in [0.3, 0.4) is 0 Å². The molecule has 148 valence electrons. The van der Waals surface area contributed by atoms with E-state index in [0.29, 0.717) is 18.8 Å². The fourth-order valence-electron chi connectivity index (χ4n) is 3.74. The van der Waals surface area contributed by atoms with Crippen molar-refractivity contribution >= 4 is 21.6 Å². The molecule has 4 rings (SSSR count). The summed E-state index contributed by atoms with van der Waals surface area (Å²) in [6.45, 7) is 3.31. The molecule has 1 aromatic heterocycles. The van der Waals surface area contributed by atoms with Crippen LogP contribution in [0.2, 0.25) is 0 Å². The predicted molar refractivity (Wildman–Crippen MR) is 107 cm³/mol. The number of sulfonamides is 1. The second kappa shape index (κ2) is 7.89. The molecular weight excluding hydrogens is 376 g/mol. The molecule has 0 unspecified atom stereocenters. The lowest BCUT2D eigenvalue weighted by Crippen LogP contribution is -2.50. The number of carbonyl (C=O) groups is 1. The second-order valence-corrected chi connectivity index (χ2v) is 9.04. The third-order valence-corrected chi connectivity index (χ3v) is 7.25. The third kappa shape index (κ3) is 3.74. The van der Waals surface area contributed by atoms with Crippen molar-refractivity contribution in [3.63, 3.8) is 0 Å². The van der Waals surface area contributed by atoms with Gasteiger partial charge in [-0.25, -0.2) is 8.42 Å². The normalized spacial score (nSPS) is 18.4. The summed E-state index contributed by atoms with van der Waals surface area (Å²) in [5.74, 6) is -0.141. The Kier molecular flexibility index (Phi) is 5.32. The predicted octanol–water partition coefficient (Wildman–Crippen LogP) is 1.83. The van der Waals surface area contributed by atoms with E-state index in [-0.39, 0.29) is 23.9 Å². The molecule has 8 heteroatoms. The number of nitrogens with zero attached hydrogens (tertiary/aromatic N) is 4. The molecule has 0 spiro atoms. The number of anilines is 1. The second-order valence-electron chi connectivity index (χ2n) is 7.10. The van der Waals surface area contributed by atoms with Gasteiger partial charge in [0, 0.05) is 51.2 Å². The first-order valence-corrected chi connectivity index (χ1v) is 11.1. The Morgan fingerprint density at radius 3 is 2.25 bits per heavy atom. The number of hydrogen-bond donors (Lipinski definition) is 0. The summed E-state index contributed by atoms with van der Waals surface area (Å²) in [6.07, 6.45) is 4.02. The minimum atomic E-state index is -3.52. The zero-order valence-electron chi connectivity index (χ0n) is 15.7. The topological polar surface area (TPSA) is 73.8 Å². The van der Waals surface area contributed by atoms with Crippen LogP contribution in [0.1, 0.15) is 23.3 Å². The van der Waals surface area contributed by atoms with E-state index < -0.39 is 10.0 Å². The molecule has 2 saturated heterocycles. The van der Waals surface area contributed by atoms with Crippen molar-refractivity contribution in [2.45, 2.75) is 17.7 Å². The van der Waals surface area contributed by atoms with Crippen LogP contribution in [-0.4, -0.2) is 67.8 Å². The van der Waals surface area contributed by atoms with Gasteiger partial charge in [-0.15, -0.1) is 0 Å². The summed E-state index contributed by atoms with van der Waals surface area (Å²) < 4.78 is 26.9. The van der Waals surface area contributed by atoms with Crippen LogP contribution >= 0.6 is 0 Å². The SMILES string of the molecule is O=C(c1cc(N2CCCC2)ccn1)N1CCN(S(=O)(=O)c2ccccc2)CC1. The van der Waals surface area contributed by atoms with Crippen LogP contribution in [0.4, 0.5) is 5.69 Å². The molecule has 0 N–H and O–H groups in total. The van der Waals surface area contributed by atoms with E-state index in [9.17, 15) is 13.2 Å². The molecule has 3 heterocycles. The summed E-state index contributed by atoms with van der Waals surface area (Å²) in [6, 6.07) is 12.2. The Morgan fingerprint density at radius 2 is 1.57 bits per heavy atom. The zero-order valence-corrected chi connectivity index (χ0v) is 16.5. The monoisotopic (exact) mass is 400 g/mol. The van der Waals surface area contributed by atoms with Crippen molar-refractivity contribution in [2.24, 2.45) is 0 Å². The van der Waals surface area contributed by atoms with Gasteiger partial charge in [-0.3, -0.25) is 9.78 Å². The van der Waals surface area contributed by atoms with Crippen LogP contribution in [0, 0.1) is 0 Å². The first-order valence-electron chi connectivity index (χ1n) is 9.61. The molecule has 7 nitrogen and oxygen atoms in total. The number of carbonyl (C=O) groups excluding carboxylic acids is 1. The van der Waals surface area contributed by atoms with Crippen molar-refractivity contribution in [1.29, 1.82) is 0 Å². The number of aromatic nitrogens is 1. The lowest BCUT2D eigenvalue weighted by atomic mass is 10.2. The van der Waals surface area contributed by atoms with Crippen molar-refractivity contribution in [3.05, 3.63) is 54.4 Å². The molecule has 2 aromatic rings. The molecule has 2 aliphatic rings. The first kappa shape index (κ1) is 18.9. The minimum absolute atomic E-state index is 0.141. The van der Waals surface area contributed by atoms with Crippen molar-refractivity contribution in [3.8, 4) is 0 Å². The summed E-state index contributed by atoms with van der Waals surface area (Å²) >= 11 is 0. The van der Waals surface area contributed by atoms with Gasteiger partial charge in [-0.05, 0) is 37.1 Å². The molecule has 1 amide bonds. The molecule has 0 aliphatic carbocycles. The van der Waals surface area contributed by atoms with E-state index in [1.165, 1.54) is 17.1 Å². The Balaban J connectivity index is 1.42. The molecule has 1 aromatic carbocycles. The van der Waals surface area contributed by atoms with Crippen molar-refractivity contribution < 1.29 is 13.2 Å². The van der Waals surface area contributed by atoms with E-state index in [4.69, 9.17) is 0 Å². The van der Waals surface area contributed by atoms with Crippen LogP contribution in [-0.2, 0) is 10.0 Å². The number of amides is 1. The van der Waals surface area contributed by atoms with Crippen LogP contribution in [0.5, 0.6) is 0 Å². The van der Waals surface area contributed by atoms with Gasteiger partial charge in [-0.1, -0.05) is 18.2 Å². The smallest absolute Gasteiger partial charge is 0.272 e. The summed E-state index contributed by atoms with van der Waals surface area (Å²) in [4.78, 5) is 21.4. The number of hydrogen-bond acceptors (Lipinski definition) is 5. The lowest BCUT2D eigenvalue weighted by Gasteiger charge is -2.34. The van der Waals surface area contributed by atoms with Gasteiger partial charge >= 0.3 is 0 Å². The van der Waals surface area contributed by atoms with E-state index >= 15 is 0 Å². The molecule has 28 heavy (non-hydrogen) atoms. The summed E-state index contributed by atoms with van der Waals surface area (Å²) in [7, 11) is -3.52. The lowest BCUT2D eigenvalue weighted by molar-refractivity contribution is 0.0692. The van der Waals surface area contributed by atoms with Crippen molar-refractivity contribution in [1.82, 2.24) is 14.2 Å². The van der Waals surface area contributed by atoms with Gasteiger partial charge in [0.15, 0.2) is 0 Å². The maximum atomic E-state index is 12.9. The quantitative estimate of drug-likeness (QED) is 0.783. The van der Waals surface area contributed by atoms with Gasteiger partial charge in [-0.2, -0.15) is 4.31 Å². The average molecular weight is 401 g/mol. The number of benzene rings is 1. The number of rotatable bonds is 4. The molecule has 0 saturated carbocycles. The maximum absolute atomic E-state index is 12.9. The van der Waals surface area contributed by atoms with E-state index in [1.54, 1.807) is 41.4 Å². The highest BCUT2D eigenvalue weighted by atomic mass is 32.2. The number of piperazine rings is 1. The summed E-state index contributed by atoms with van der Waals surface area (Å²) in [5, 5.41) is 0. The first-order chi connectivity index (χ1) is 13.6. The summed E-state index contributed by atoms with van der Waals surface area (Å²) in [5.41, 5.74) is 1.45. The maximum Gasteiger partial charge on any atom is 0.272 e. The standard InChI is InChI=1S/C20H24N4O3S/c25-20(19-16-17(8-9-21-19)22-10-4-5-11-22)23-12-14-24(15-13-23)28(26,27)18-6-2-1-3-7-18/h1-3,6-9,16H,4-5,10-15H2. The van der Waals surface area contributed by atoms with Gasteiger partial charge in [0.2, 0.25) is 10.0 Å². The molecule has 0 atom stereocenters.